The number of allylic oxidation sites excluding steroid dienone is 1. The molecule has 0 fully saturated rings. The van der Waals surface area contributed by atoms with Gasteiger partial charge < -0.3 is 10.4 Å². The molecule has 0 saturated heterocycles. The molecule has 0 heterocycles. The van der Waals surface area contributed by atoms with Crippen LogP contribution in [-0.2, 0) is 14.8 Å². The van der Waals surface area contributed by atoms with E-state index in [4.69, 9.17) is 0 Å². The Kier molecular flexibility index (Phi) is 7.15. The highest BCUT2D eigenvalue weighted by molar-refractivity contribution is 7.94. The standard InChI is InChI=1S/C17H21N3O5S/c1-5-8-15(14-10-7-6-9-13(14)11-21)19-26(24,25)12(2)16(22)20(4)17(23)18-3/h5-11,19,21H,2H2,1,3-4H3,(H,18,23)/b8-5+,13-11+,15-14+. The van der Waals surface area contributed by atoms with Gasteiger partial charge >= 0.3 is 6.03 Å². The second-order valence-electron chi connectivity index (χ2n) is 5.08. The Morgan fingerprint density at radius 1 is 1.27 bits per heavy atom. The van der Waals surface area contributed by atoms with Gasteiger partial charge in [0.25, 0.3) is 15.9 Å². The number of carbonyl (C=O) groups is 2. The van der Waals surface area contributed by atoms with Crippen molar-refractivity contribution < 1.29 is 23.1 Å². The number of likely N-dealkylation sites (N-methyl/N-ethyl adjacent to an activating group) is 1. The molecule has 1 aromatic carbocycles. The molecule has 8 nitrogen and oxygen atoms in total. The summed E-state index contributed by atoms with van der Waals surface area (Å²) in [5.74, 6) is -1.07. The van der Waals surface area contributed by atoms with E-state index in [-0.39, 0.29) is 5.70 Å². The number of hydrogen-bond acceptors (Lipinski definition) is 5. The Balaban J connectivity index is 3.39. The number of rotatable bonds is 5. The lowest BCUT2D eigenvalue weighted by Crippen LogP contribution is -2.43. The first-order chi connectivity index (χ1) is 12.2. The zero-order valence-electron chi connectivity index (χ0n) is 14.7. The van der Waals surface area contributed by atoms with Gasteiger partial charge in [-0.15, -0.1) is 0 Å². The fourth-order valence-electron chi connectivity index (χ4n) is 1.97. The molecule has 0 spiro atoms. The van der Waals surface area contributed by atoms with Gasteiger partial charge in [-0.05, 0) is 13.0 Å². The lowest BCUT2D eigenvalue weighted by atomic mass is 10.2. The van der Waals surface area contributed by atoms with Crippen LogP contribution >= 0.6 is 0 Å². The average molecular weight is 379 g/mol. The summed E-state index contributed by atoms with van der Waals surface area (Å²) in [6, 6.07) is 5.76. The van der Waals surface area contributed by atoms with Crippen molar-refractivity contribution in [1.82, 2.24) is 14.9 Å². The van der Waals surface area contributed by atoms with Crippen LogP contribution in [0.15, 0.2) is 47.9 Å². The van der Waals surface area contributed by atoms with E-state index in [1.54, 1.807) is 37.3 Å². The highest BCUT2D eigenvalue weighted by Gasteiger charge is 2.28. The van der Waals surface area contributed by atoms with Crippen molar-refractivity contribution in [2.45, 2.75) is 6.92 Å². The summed E-state index contributed by atoms with van der Waals surface area (Å²) >= 11 is 0. The molecule has 0 atom stereocenters. The van der Waals surface area contributed by atoms with Crippen molar-refractivity contribution in [3.63, 3.8) is 0 Å². The molecule has 0 saturated carbocycles. The third-order valence-electron chi connectivity index (χ3n) is 3.35. The van der Waals surface area contributed by atoms with Gasteiger partial charge in [0.2, 0.25) is 0 Å². The topological polar surface area (TPSA) is 116 Å². The number of nitrogens with one attached hydrogen (secondary N) is 2. The van der Waals surface area contributed by atoms with E-state index in [9.17, 15) is 23.1 Å². The molecule has 9 heteroatoms. The third-order valence-corrected chi connectivity index (χ3v) is 4.67. The van der Waals surface area contributed by atoms with Crippen LogP contribution in [-0.4, -0.2) is 44.5 Å². The molecular weight excluding hydrogens is 358 g/mol. The Hall–Kier alpha value is -3.07. The summed E-state index contributed by atoms with van der Waals surface area (Å²) < 4.78 is 27.3. The molecule has 1 rings (SSSR count). The second kappa shape index (κ2) is 8.86. The molecule has 0 aliphatic heterocycles. The minimum atomic E-state index is -4.34. The molecule has 26 heavy (non-hydrogen) atoms. The fourth-order valence-corrected chi connectivity index (χ4v) is 2.93. The lowest BCUT2D eigenvalue weighted by molar-refractivity contribution is -0.122. The normalized spacial score (nSPS) is 13.3. The van der Waals surface area contributed by atoms with Crippen molar-refractivity contribution in [1.29, 1.82) is 0 Å². The van der Waals surface area contributed by atoms with E-state index in [0.717, 1.165) is 13.3 Å². The average Bonchev–Trinajstić information content (AvgIpc) is 2.64. The van der Waals surface area contributed by atoms with E-state index < -0.39 is 26.9 Å². The van der Waals surface area contributed by atoms with Gasteiger partial charge in [0.15, 0.2) is 0 Å². The van der Waals surface area contributed by atoms with Crippen molar-refractivity contribution in [2.24, 2.45) is 0 Å². The highest BCUT2D eigenvalue weighted by atomic mass is 32.2. The SMILES string of the molecule is C=C(C(=O)N(C)C(=O)NC)S(=O)(=O)NC(/C=C/C)=c1\cccc\c1=C/O. The van der Waals surface area contributed by atoms with Gasteiger partial charge in [-0.25, -0.2) is 13.2 Å². The number of amides is 3. The first-order valence-corrected chi connectivity index (χ1v) is 8.95. The molecule has 3 N–H and O–H groups in total. The van der Waals surface area contributed by atoms with Crippen LogP contribution in [0.4, 0.5) is 4.79 Å². The molecule has 0 aliphatic rings. The molecule has 3 amide bonds. The first kappa shape index (κ1) is 21.0. The third kappa shape index (κ3) is 4.73. The maximum absolute atomic E-state index is 12.5. The van der Waals surface area contributed by atoms with E-state index in [1.165, 1.54) is 13.1 Å². The fraction of sp³-hybridized carbons (Fsp3) is 0.176. The summed E-state index contributed by atoms with van der Waals surface area (Å²) in [6.07, 6.45) is 3.90. The minimum Gasteiger partial charge on any atom is -0.515 e. The van der Waals surface area contributed by atoms with E-state index in [1.807, 2.05) is 0 Å². The summed E-state index contributed by atoms with van der Waals surface area (Å²) in [7, 11) is -1.90. The second-order valence-corrected chi connectivity index (χ2v) is 6.78. The molecule has 0 radical (unpaired) electrons. The van der Waals surface area contributed by atoms with Gasteiger partial charge in [-0.2, -0.15) is 0 Å². The van der Waals surface area contributed by atoms with Crippen LogP contribution in [0, 0.1) is 0 Å². The van der Waals surface area contributed by atoms with Gasteiger partial charge in [-0.3, -0.25) is 14.4 Å². The van der Waals surface area contributed by atoms with Crippen LogP contribution in [0.3, 0.4) is 0 Å². The van der Waals surface area contributed by atoms with Gasteiger partial charge in [0.05, 0.1) is 12.0 Å². The quantitative estimate of drug-likeness (QED) is 0.618. The maximum Gasteiger partial charge on any atom is 0.323 e. The van der Waals surface area contributed by atoms with Crippen LogP contribution in [0.1, 0.15) is 6.92 Å². The Morgan fingerprint density at radius 2 is 1.88 bits per heavy atom. The Labute approximate surface area is 151 Å². The molecule has 0 aliphatic carbocycles. The maximum atomic E-state index is 12.5. The van der Waals surface area contributed by atoms with E-state index in [2.05, 4.69) is 16.6 Å². The minimum absolute atomic E-state index is 0.130. The van der Waals surface area contributed by atoms with Crippen LogP contribution in [0.5, 0.6) is 0 Å². The number of urea groups is 1. The largest absolute Gasteiger partial charge is 0.515 e. The van der Waals surface area contributed by atoms with Crippen LogP contribution in [0.25, 0.3) is 12.0 Å². The predicted molar refractivity (Wildman–Crippen MR) is 99.4 cm³/mol. The molecule has 0 unspecified atom stereocenters. The number of nitrogens with zero attached hydrogens (tertiary/aromatic N) is 1. The summed E-state index contributed by atoms with van der Waals surface area (Å²) in [5, 5.41) is 12.3. The number of carbonyl (C=O) groups excluding carboxylic acids is 2. The number of aliphatic hydroxyl groups is 1. The summed E-state index contributed by atoms with van der Waals surface area (Å²) in [6.45, 7) is 4.98. The summed E-state index contributed by atoms with van der Waals surface area (Å²) in [4.78, 5) is 23.5. The van der Waals surface area contributed by atoms with Crippen LogP contribution < -0.4 is 20.5 Å². The van der Waals surface area contributed by atoms with Gasteiger partial charge in [-0.1, -0.05) is 36.9 Å². The number of aliphatic hydroxyl groups excluding tert-OH is 1. The van der Waals surface area contributed by atoms with Gasteiger partial charge in [0, 0.05) is 24.5 Å². The number of hydrogen-bond donors (Lipinski definition) is 3. The van der Waals surface area contributed by atoms with E-state index >= 15 is 0 Å². The Morgan fingerprint density at radius 3 is 2.42 bits per heavy atom. The predicted octanol–water partition coefficient (Wildman–Crippen LogP) is -0.102. The number of benzene rings is 1. The molecule has 140 valence electrons. The molecule has 0 aromatic heterocycles. The summed E-state index contributed by atoms with van der Waals surface area (Å²) in [5.41, 5.74) is 0.130. The van der Waals surface area contributed by atoms with Crippen molar-refractivity contribution in [3.05, 3.63) is 58.3 Å². The van der Waals surface area contributed by atoms with Gasteiger partial charge in [0.1, 0.15) is 4.91 Å². The molecule has 1 aromatic rings. The molecular formula is C17H21N3O5S. The molecule has 0 bridgehead atoms. The van der Waals surface area contributed by atoms with Crippen molar-refractivity contribution in [3.8, 4) is 0 Å². The Bertz CT molecular complexity index is 964. The number of imide groups is 1. The zero-order chi connectivity index (χ0) is 19.9. The lowest BCUT2D eigenvalue weighted by Gasteiger charge is -2.17. The van der Waals surface area contributed by atoms with E-state index in [0.29, 0.717) is 15.3 Å². The number of sulfonamides is 1. The monoisotopic (exact) mass is 379 g/mol. The van der Waals surface area contributed by atoms with Crippen LogP contribution in [0.2, 0.25) is 0 Å². The smallest absolute Gasteiger partial charge is 0.323 e. The first-order valence-electron chi connectivity index (χ1n) is 7.47. The highest BCUT2D eigenvalue weighted by Crippen LogP contribution is 2.08. The van der Waals surface area contributed by atoms with Crippen molar-refractivity contribution >= 4 is 33.9 Å². The van der Waals surface area contributed by atoms with Crippen molar-refractivity contribution in [2.75, 3.05) is 14.1 Å². The zero-order valence-corrected chi connectivity index (χ0v) is 15.5.